The molecule has 3 rings (SSSR count). The van der Waals surface area contributed by atoms with Gasteiger partial charge in [0.1, 0.15) is 5.75 Å². The molecule has 4 heteroatoms. The molecule has 0 fully saturated rings. The molecule has 0 amide bonds. The van der Waals surface area contributed by atoms with E-state index in [-0.39, 0.29) is 6.04 Å². The minimum Gasteiger partial charge on any atom is -0.494 e. The van der Waals surface area contributed by atoms with E-state index in [1.54, 1.807) is 12.4 Å². The van der Waals surface area contributed by atoms with Gasteiger partial charge in [-0.1, -0.05) is 24.3 Å². The van der Waals surface area contributed by atoms with Gasteiger partial charge in [0.2, 0.25) is 0 Å². The molecule has 1 unspecified atom stereocenters. The first kappa shape index (κ1) is 13.5. The van der Waals surface area contributed by atoms with Crippen molar-refractivity contribution in [2.45, 2.75) is 13.0 Å². The third-order valence-electron chi connectivity index (χ3n) is 3.42. The first-order valence-electron chi connectivity index (χ1n) is 6.97. The summed E-state index contributed by atoms with van der Waals surface area (Å²) in [7, 11) is 0. The van der Waals surface area contributed by atoms with E-state index in [1.807, 2.05) is 49.4 Å². The number of aromatic nitrogens is 2. The largest absolute Gasteiger partial charge is 0.494 e. The Morgan fingerprint density at radius 2 is 1.81 bits per heavy atom. The molecule has 3 aromatic rings. The van der Waals surface area contributed by atoms with E-state index in [4.69, 9.17) is 10.5 Å². The maximum Gasteiger partial charge on any atom is 0.119 e. The van der Waals surface area contributed by atoms with Gasteiger partial charge in [-0.05, 0) is 30.7 Å². The Morgan fingerprint density at radius 3 is 2.57 bits per heavy atom. The standard InChI is InChI=1S/C17H17N3O/c1-2-21-13-8-6-12(7-9-13)16(18)14-4-3-5-15-17(14)20-11-10-19-15/h3-11,16H,2,18H2,1H3. The van der Waals surface area contributed by atoms with E-state index >= 15 is 0 Å². The van der Waals surface area contributed by atoms with Gasteiger partial charge in [-0.3, -0.25) is 9.97 Å². The summed E-state index contributed by atoms with van der Waals surface area (Å²) in [4.78, 5) is 8.73. The summed E-state index contributed by atoms with van der Waals surface area (Å²) >= 11 is 0. The van der Waals surface area contributed by atoms with E-state index < -0.39 is 0 Å². The number of rotatable bonds is 4. The lowest BCUT2D eigenvalue weighted by Gasteiger charge is -2.14. The molecule has 0 radical (unpaired) electrons. The van der Waals surface area contributed by atoms with Crippen molar-refractivity contribution in [2.75, 3.05) is 6.61 Å². The van der Waals surface area contributed by atoms with Gasteiger partial charge in [0.15, 0.2) is 0 Å². The van der Waals surface area contributed by atoms with Crippen LogP contribution in [0.3, 0.4) is 0 Å². The van der Waals surface area contributed by atoms with Crippen LogP contribution in [-0.2, 0) is 0 Å². The molecule has 0 aliphatic heterocycles. The number of fused-ring (bicyclic) bond motifs is 1. The first-order chi connectivity index (χ1) is 10.3. The van der Waals surface area contributed by atoms with Gasteiger partial charge in [-0.15, -0.1) is 0 Å². The van der Waals surface area contributed by atoms with Gasteiger partial charge in [0, 0.05) is 18.0 Å². The van der Waals surface area contributed by atoms with Crippen molar-refractivity contribution in [1.82, 2.24) is 9.97 Å². The van der Waals surface area contributed by atoms with Crippen LogP contribution in [0.15, 0.2) is 54.9 Å². The molecular formula is C17H17N3O. The topological polar surface area (TPSA) is 61.0 Å². The van der Waals surface area contributed by atoms with Crippen molar-refractivity contribution in [3.63, 3.8) is 0 Å². The molecule has 1 atom stereocenters. The molecule has 2 aromatic carbocycles. The fourth-order valence-electron chi connectivity index (χ4n) is 2.38. The fourth-order valence-corrected chi connectivity index (χ4v) is 2.38. The quantitative estimate of drug-likeness (QED) is 0.797. The van der Waals surface area contributed by atoms with Crippen molar-refractivity contribution >= 4 is 11.0 Å². The lowest BCUT2D eigenvalue weighted by atomic mass is 9.98. The third-order valence-corrected chi connectivity index (χ3v) is 3.42. The molecule has 1 aromatic heterocycles. The van der Waals surface area contributed by atoms with Gasteiger partial charge < -0.3 is 10.5 Å². The summed E-state index contributed by atoms with van der Waals surface area (Å²) in [6.45, 7) is 2.62. The second-order valence-electron chi connectivity index (χ2n) is 4.75. The van der Waals surface area contributed by atoms with Gasteiger partial charge in [-0.25, -0.2) is 0 Å². The van der Waals surface area contributed by atoms with Crippen molar-refractivity contribution in [1.29, 1.82) is 0 Å². The van der Waals surface area contributed by atoms with Crippen LogP contribution in [0.4, 0.5) is 0 Å². The Hall–Kier alpha value is -2.46. The Balaban J connectivity index is 1.98. The molecule has 0 aliphatic rings. The maximum atomic E-state index is 6.40. The van der Waals surface area contributed by atoms with Gasteiger partial charge in [0.25, 0.3) is 0 Å². The Morgan fingerprint density at radius 1 is 1.05 bits per heavy atom. The van der Waals surface area contributed by atoms with E-state index in [1.165, 1.54) is 0 Å². The van der Waals surface area contributed by atoms with Crippen LogP contribution in [0.1, 0.15) is 24.1 Å². The monoisotopic (exact) mass is 279 g/mol. The second-order valence-corrected chi connectivity index (χ2v) is 4.75. The average Bonchev–Trinajstić information content (AvgIpc) is 2.55. The third kappa shape index (κ3) is 2.71. The van der Waals surface area contributed by atoms with Crippen LogP contribution in [-0.4, -0.2) is 16.6 Å². The van der Waals surface area contributed by atoms with Gasteiger partial charge in [0.05, 0.1) is 23.7 Å². The molecule has 2 N–H and O–H groups in total. The minimum atomic E-state index is -0.235. The van der Waals surface area contributed by atoms with E-state index in [9.17, 15) is 0 Å². The second kappa shape index (κ2) is 5.89. The average molecular weight is 279 g/mol. The number of hydrogen-bond donors (Lipinski definition) is 1. The van der Waals surface area contributed by atoms with Crippen LogP contribution in [0, 0.1) is 0 Å². The zero-order valence-electron chi connectivity index (χ0n) is 11.9. The highest BCUT2D eigenvalue weighted by molar-refractivity contribution is 5.78. The zero-order chi connectivity index (χ0) is 14.7. The Labute approximate surface area is 123 Å². The molecule has 0 saturated carbocycles. The minimum absolute atomic E-state index is 0.235. The van der Waals surface area contributed by atoms with Gasteiger partial charge in [-0.2, -0.15) is 0 Å². The molecule has 0 saturated heterocycles. The van der Waals surface area contributed by atoms with E-state index in [0.29, 0.717) is 6.61 Å². The van der Waals surface area contributed by atoms with Crippen LogP contribution in [0.2, 0.25) is 0 Å². The van der Waals surface area contributed by atoms with Crippen LogP contribution in [0.5, 0.6) is 5.75 Å². The smallest absolute Gasteiger partial charge is 0.119 e. The summed E-state index contributed by atoms with van der Waals surface area (Å²) in [6.07, 6.45) is 3.38. The summed E-state index contributed by atoms with van der Waals surface area (Å²) < 4.78 is 5.45. The predicted octanol–water partition coefficient (Wildman–Crippen LogP) is 3.08. The lowest BCUT2D eigenvalue weighted by Crippen LogP contribution is -2.12. The van der Waals surface area contributed by atoms with Crippen molar-refractivity contribution in [2.24, 2.45) is 5.73 Å². The van der Waals surface area contributed by atoms with Crippen molar-refractivity contribution < 1.29 is 4.74 Å². The summed E-state index contributed by atoms with van der Waals surface area (Å²) in [6, 6.07) is 13.5. The zero-order valence-corrected chi connectivity index (χ0v) is 11.9. The van der Waals surface area contributed by atoms with Crippen LogP contribution >= 0.6 is 0 Å². The number of ether oxygens (including phenoxy) is 1. The summed E-state index contributed by atoms with van der Waals surface area (Å²) in [5.41, 5.74) is 10.1. The summed E-state index contributed by atoms with van der Waals surface area (Å²) in [5.74, 6) is 0.853. The van der Waals surface area contributed by atoms with Crippen LogP contribution in [0.25, 0.3) is 11.0 Å². The molecule has 0 aliphatic carbocycles. The van der Waals surface area contributed by atoms with E-state index in [0.717, 1.165) is 27.9 Å². The number of nitrogens with two attached hydrogens (primary N) is 1. The highest BCUT2D eigenvalue weighted by atomic mass is 16.5. The molecule has 106 valence electrons. The van der Waals surface area contributed by atoms with Crippen molar-refractivity contribution in [3.05, 3.63) is 66.0 Å². The van der Waals surface area contributed by atoms with Crippen molar-refractivity contribution in [3.8, 4) is 5.75 Å². The number of nitrogens with zero attached hydrogens (tertiary/aromatic N) is 2. The number of hydrogen-bond acceptors (Lipinski definition) is 4. The normalized spacial score (nSPS) is 12.3. The lowest BCUT2D eigenvalue weighted by molar-refractivity contribution is 0.340. The Bertz CT molecular complexity index is 735. The van der Waals surface area contributed by atoms with Gasteiger partial charge >= 0.3 is 0 Å². The predicted molar refractivity (Wildman–Crippen MR) is 83.2 cm³/mol. The molecule has 1 heterocycles. The maximum absolute atomic E-state index is 6.40. The highest BCUT2D eigenvalue weighted by Gasteiger charge is 2.13. The molecular weight excluding hydrogens is 262 g/mol. The number of benzene rings is 2. The number of para-hydroxylation sites is 1. The Kier molecular flexibility index (Phi) is 3.79. The molecule has 21 heavy (non-hydrogen) atoms. The molecule has 4 nitrogen and oxygen atoms in total. The van der Waals surface area contributed by atoms with Crippen LogP contribution < -0.4 is 10.5 Å². The molecule has 0 spiro atoms. The molecule has 0 bridgehead atoms. The first-order valence-corrected chi connectivity index (χ1v) is 6.97. The fraction of sp³-hybridized carbons (Fsp3) is 0.176. The highest BCUT2D eigenvalue weighted by Crippen LogP contribution is 2.26. The summed E-state index contributed by atoms with van der Waals surface area (Å²) in [5, 5.41) is 0. The van der Waals surface area contributed by atoms with E-state index in [2.05, 4.69) is 9.97 Å². The SMILES string of the molecule is CCOc1ccc(C(N)c2cccc3nccnc23)cc1.